The summed E-state index contributed by atoms with van der Waals surface area (Å²) in [6, 6.07) is 16.0. The molecule has 0 atom stereocenters. The maximum atomic E-state index is 12.6. The summed E-state index contributed by atoms with van der Waals surface area (Å²) < 4.78 is 10.9. The van der Waals surface area contributed by atoms with Crippen LogP contribution < -0.4 is 10.6 Å². The van der Waals surface area contributed by atoms with Gasteiger partial charge in [-0.1, -0.05) is 35.9 Å². The molecule has 0 aliphatic heterocycles. The average Bonchev–Trinajstić information content (AvgIpc) is 3.39. The van der Waals surface area contributed by atoms with Crippen LogP contribution in [0.1, 0.15) is 37.8 Å². The molecule has 152 valence electrons. The minimum atomic E-state index is -0.340. The highest BCUT2D eigenvalue weighted by atomic mass is 35.5. The lowest BCUT2D eigenvalue weighted by Gasteiger charge is -2.07. The maximum Gasteiger partial charge on any atom is 0.287 e. The molecule has 0 spiro atoms. The van der Waals surface area contributed by atoms with E-state index >= 15 is 0 Å². The fourth-order valence-corrected chi connectivity index (χ4v) is 3.41. The van der Waals surface area contributed by atoms with E-state index in [9.17, 15) is 9.59 Å². The number of carbonyl (C=O) groups excluding carboxylic acids is 2. The zero-order valence-electron chi connectivity index (χ0n) is 16.2. The molecule has 0 saturated carbocycles. The van der Waals surface area contributed by atoms with Crippen LogP contribution in [0, 0.1) is 6.92 Å². The smallest absolute Gasteiger partial charge is 0.287 e. The number of amides is 2. The van der Waals surface area contributed by atoms with Gasteiger partial charge < -0.3 is 19.5 Å². The molecule has 2 heterocycles. The zero-order chi connectivity index (χ0) is 21.1. The Morgan fingerprint density at radius 3 is 2.53 bits per heavy atom. The lowest BCUT2D eigenvalue weighted by atomic mass is 10.1. The van der Waals surface area contributed by atoms with Crippen LogP contribution >= 0.6 is 11.6 Å². The highest BCUT2D eigenvalue weighted by molar-refractivity contribution is 6.35. The largest absolute Gasteiger partial charge is 0.467 e. The zero-order valence-corrected chi connectivity index (χ0v) is 17.0. The van der Waals surface area contributed by atoms with Crippen molar-refractivity contribution >= 4 is 34.4 Å². The van der Waals surface area contributed by atoms with E-state index in [1.807, 2.05) is 25.1 Å². The number of rotatable bonds is 6. The molecular weight excluding hydrogens is 404 g/mol. The molecule has 4 rings (SSSR count). The Bertz CT molecular complexity index is 1210. The van der Waals surface area contributed by atoms with Crippen LogP contribution in [0.5, 0.6) is 0 Å². The average molecular weight is 423 g/mol. The van der Waals surface area contributed by atoms with Gasteiger partial charge in [0.1, 0.15) is 5.76 Å². The van der Waals surface area contributed by atoms with Gasteiger partial charge in [0.2, 0.25) is 0 Å². The molecule has 2 aromatic carbocycles. The lowest BCUT2D eigenvalue weighted by molar-refractivity contribution is 0.0923. The van der Waals surface area contributed by atoms with E-state index in [0.29, 0.717) is 28.5 Å². The number of fused-ring (bicyclic) bond motifs is 1. The van der Waals surface area contributed by atoms with Gasteiger partial charge in [0, 0.05) is 23.1 Å². The van der Waals surface area contributed by atoms with Crippen molar-refractivity contribution in [1.82, 2.24) is 10.6 Å². The lowest BCUT2D eigenvalue weighted by Crippen LogP contribution is -2.24. The minimum Gasteiger partial charge on any atom is -0.467 e. The van der Waals surface area contributed by atoms with Crippen molar-refractivity contribution in [3.05, 3.63) is 94.1 Å². The number of aryl methyl sites for hydroxylation is 1. The van der Waals surface area contributed by atoms with Crippen molar-refractivity contribution in [2.24, 2.45) is 0 Å². The summed E-state index contributed by atoms with van der Waals surface area (Å²) in [5.74, 6) is 0.341. The van der Waals surface area contributed by atoms with Crippen molar-refractivity contribution in [2.75, 3.05) is 0 Å². The first-order valence-corrected chi connectivity index (χ1v) is 9.76. The van der Waals surface area contributed by atoms with Crippen molar-refractivity contribution in [2.45, 2.75) is 20.0 Å². The Hall–Kier alpha value is -3.51. The molecule has 0 bridgehead atoms. The molecule has 0 radical (unpaired) electrons. The molecule has 2 aromatic heterocycles. The Morgan fingerprint density at radius 1 is 0.967 bits per heavy atom. The molecule has 0 aliphatic rings. The van der Waals surface area contributed by atoms with Crippen molar-refractivity contribution < 1.29 is 18.4 Å². The van der Waals surface area contributed by atoms with Crippen LogP contribution in [-0.2, 0) is 13.1 Å². The van der Waals surface area contributed by atoms with Crippen LogP contribution in [0.3, 0.4) is 0 Å². The molecule has 2 amide bonds. The fourth-order valence-electron chi connectivity index (χ4n) is 3.19. The summed E-state index contributed by atoms with van der Waals surface area (Å²) in [6.45, 7) is 2.38. The fraction of sp³-hybridized carbons (Fsp3) is 0.130. The van der Waals surface area contributed by atoms with E-state index in [4.69, 9.17) is 20.4 Å². The van der Waals surface area contributed by atoms with Gasteiger partial charge in [0.15, 0.2) is 11.3 Å². The van der Waals surface area contributed by atoms with Crippen LogP contribution in [-0.4, -0.2) is 11.8 Å². The summed E-state index contributed by atoms with van der Waals surface area (Å²) in [7, 11) is 0. The Morgan fingerprint density at radius 2 is 1.77 bits per heavy atom. The van der Waals surface area contributed by atoms with Gasteiger partial charge >= 0.3 is 0 Å². The van der Waals surface area contributed by atoms with Crippen LogP contribution in [0.15, 0.2) is 69.7 Å². The third kappa shape index (κ3) is 4.09. The Kier molecular flexibility index (Phi) is 5.59. The van der Waals surface area contributed by atoms with Gasteiger partial charge in [-0.15, -0.1) is 0 Å². The third-order valence-corrected chi connectivity index (χ3v) is 5.07. The summed E-state index contributed by atoms with van der Waals surface area (Å²) in [5, 5.41) is 6.90. The molecule has 0 saturated heterocycles. The molecule has 0 unspecified atom stereocenters. The van der Waals surface area contributed by atoms with Crippen molar-refractivity contribution in [1.29, 1.82) is 0 Å². The molecule has 6 nitrogen and oxygen atoms in total. The topological polar surface area (TPSA) is 84.5 Å². The Balaban J connectivity index is 1.42. The number of carbonyl (C=O) groups is 2. The maximum absolute atomic E-state index is 12.6. The standard InChI is InChI=1S/C23H19ClN2O4/c1-14-18-8-3-9-19(24)21(18)30-20(14)23(28)25-12-15-5-2-6-16(11-15)22(27)26-13-17-7-4-10-29-17/h2-11H,12-13H2,1H3,(H,25,28)(H,26,27). The molecule has 0 fully saturated rings. The monoisotopic (exact) mass is 422 g/mol. The summed E-state index contributed by atoms with van der Waals surface area (Å²) in [4.78, 5) is 25.0. The highest BCUT2D eigenvalue weighted by Crippen LogP contribution is 2.30. The van der Waals surface area contributed by atoms with Gasteiger partial charge in [-0.05, 0) is 42.8 Å². The molecule has 30 heavy (non-hydrogen) atoms. The van der Waals surface area contributed by atoms with Gasteiger partial charge in [-0.3, -0.25) is 9.59 Å². The normalized spacial score (nSPS) is 10.9. The minimum absolute atomic E-state index is 0.220. The molecule has 4 aromatic rings. The number of hydrogen-bond donors (Lipinski definition) is 2. The summed E-state index contributed by atoms with van der Waals surface area (Å²) in [6.07, 6.45) is 1.56. The number of nitrogens with one attached hydrogen (secondary N) is 2. The van der Waals surface area contributed by atoms with Gasteiger partial charge in [0.05, 0.1) is 17.8 Å². The van der Waals surface area contributed by atoms with Gasteiger partial charge in [-0.25, -0.2) is 0 Å². The van der Waals surface area contributed by atoms with E-state index in [2.05, 4.69) is 10.6 Å². The first-order valence-electron chi connectivity index (χ1n) is 9.38. The molecule has 7 heteroatoms. The number of benzene rings is 2. The predicted molar refractivity (Wildman–Crippen MR) is 113 cm³/mol. The molecular formula is C23H19ClN2O4. The first kappa shape index (κ1) is 19.8. The second-order valence-electron chi connectivity index (χ2n) is 6.82. The van der Waals surface area contributed by atoms with E-state index in [1.165, 1.54) is 0 Å². The van der Waals surface area contributed by atoms with E-state index < -0.39 is 0 Å². The number of hydrogen-bond acceptors (Lipinski definition) is 4. The van der Waals surface area contributed by atoms with Gasteiger partial charge in [0.25, 0.3) is 11.8 Å². The third-order valence-electron chi connectivity index (χ3n) is 4.77. The molecule has 0 aliphatic carbocycles. The van der Waals surface area contributed by atoms with E-state index in [-0.39, 0.29) is 24.1 Å². The number of furan rings is 2. The van der Waals surface area contributed by atoms with Crippen molar-refractivity contribution in [3.8, 4) is 0 Å². The van der Waals surface area contributed by atoms with E-state index in [1.54, 1.807) is 42.7 Å². The second kappa shape index (κ2) is 8.47. The van der Waals surface area contributed by atoms with Crippen LogP contribution in [0.2, 0.25) is 5.02 Å². The van der Waals surface area contributed by atoms with Crippen LogP contribution in [0.4, 0.5) is 0 Å². The Labute approximate surface area is 177 Å². The SMILES string of the molecule is Cc1c(C(=O)NCc2cccc(C(=O)NCc3ccco3)c2)oc2c(Cl)cccc12. The van der Waals surface area contributed by atoms with Crippen LogP contribution in [0.25, 0.3) is 11.0 Å². The van der Waals surface area contributed by atoms with E-state index in [0.717, 1.165) is 16.5 Å². The predicted octanol–water partition coefficient (Wildman–Crippen LogP) is 4.85. The quantitative estimate of drug-likeness (QED) is 0.465. The number of halogens is 1. The summed E-state index contributed by atoms with van der Waals surface area (Å²) >= 11 is 6.16. The summed E-state index contributed by atoms with van der Waals surface area (Å²) in [5.41, 5.74) is 2.52. The van der Waals surface area contributed by atoms with Crippen molar-refractivity contribution in [3.63, 3.8) is 0 Å². The first-order chi connectivity index (χ1) is 14.5. The molecule has 2 N–H and O–H groups in total. The number of para-hydroxylation sites is 1. The second-order valence-corrected chi connectivity index (χ2v) is 7.23. The highest BCUT2D eigenvalue weighted by Gasteiger charge is 2.19. The van der Waals surface area contributed by atoms with Gasteiger partial charge in [-0.2, -0.15) is 0 Å².